The zero-order valence-corrected chi connectivity index (χ0v) is 9.98. The van der Waals surface area contributed by atoms with Crippen molar-refractivity contribution < 1.29 is 9.52 Å². The molecule has 1 N–H and O–H groups in total. The number of piperidine rings is 1. The van der Waals surface area contributed by atoms with Crippen molar-refractivity contribution in [2.24, 2.45) is 0 Å². The molecule has 1 aliphatic rings. The maximum Gasteiger partial charge on any atom is 0.106 e. The molecule has 0 saturated carbocycles. The van der Waals surface area contributed by atoms with Crippen molar-refractivity contribution in [1.29, 1.82) is 0 Å². The number of hydrogen-bond donors (Lipinski definition) is 1. The second-order valence-corrected chi connectivity index (χ2v) is 4.82. The van der Waals surface area contributed by atoms with E-state index < -0.39 is 5.60 Å². The lowest BCUT2D eigenvalue weighted by Gasteiger charge is -2.37. The smallest absolute Gasteiger partial charge is 0.106 e. The van der Waals surface area contributed by atoms with Crippen LogP contribution in [-0.2, 0) is 6.42 Å². The fraction of sp³-hybridized carbons (Fsp3) is 0.692. The van der Waals surface area contributed by atoms with Gasteiger partial charge < -0.3 is 14.4 Å². The van der Waals surface area contributed by atoms with Crippen molar-refractivity contribution in [3.8, 4) is 0 Å². The van der Waals surface area contributed by atoms with Crippen LogP contribution in [0.4, 0.5) is 0 Å². The molecular weight excluding hydrogens is 202 g/mol. The number of nitrogens with zero attached hydrogens (tertiary/aromatic N) is 1. The van der Waals surface area contributed by atoms with Crippen LogP contribution < -0.4 is 0 Å². The van der Waals surface area contributed by atoms with Crippen LogP contribution in [0.1, 0.15) is 31.9 Å². The first-order valence-corrected chi connectivity index (χ1v) is 6.19. The Morgan fingerprint density at radius 3 is 2.75 bits per heavy atom. The van der Waals surface area contributed by atoms with Gasteiger partial charge in [-0.05, 0) is 37.9 Å². The van der Waals surface area contributed by atoms with Crippen LogP contribution in [0.5, 0.6) is 0 Å². The molecule has 0 aromatic carbocycles. The lowest BCUT2D eigenvalue weighted by atomic mass is 9.87. The molecule has 1 aliphatic heterocycles. The van der Waals surface area contributed by atoms with Crippen LogP contribution in [0.15, 0.2) is 22.8 Å². The van der Waals surface area contributed by atoms with Gasteiger partial charge in [-0.3, -0.25) is 0 Å². The highest BCUT2D eigenvalue weighted by Crippen LogP contribution is 2.26. The van der Waals surface area contributed by atoms with E-state index in [2.05, 4.69) is 11.8 Å². The molecule has 90 valence electrons. The molecule has 0 spiro atoms. The molecule has 1 saturated heterocycles. The normalized spacial score (nSPS) is 21.1. The second-order valence-electron chi connectivity index (χ2n) is 4.82. The van der Waals surface area contributed by atoms with Gasteiger partial charge in [0.1, 0.15) is 5.76 Å². The summed E-state index contributed by atoms with van der Waals surface area (Å²) in [6.07, 6.45) is 5.23. The molecule has 3 heteroatoms. The van der Waals surface area contributed by atoms with Crippen LogP contribution in [-0.4, -0.2) is 35.2 Å². The lowest BCUT2D eigenvalue weighted by Crippen LogP contribution is -2.45. The van der Waals surface area contributed by atoms with E-state index in [4.69, 9.17) is 4.42 Å². The third-order valence-corrected chi connectivity index (χ3v) is 3.41. The predicted octanol–water partition coefficient (Wildman–Crippen LogP) is 2.06. The standard InChI is InChI=1S/C13H21NO2/c1-2-7-14-8-5-13(15,6-9-14)11-12-4-3-10-16-12/h3-4,10,15H,2,5-9,11H2,1H3. The highest BCUT2D eigenvalue weighted by atomic mass is 16.3. The van der Waals surface area contributed by atoms with Gasteiger partial charge in [-0.2, -0.15) is 0 Å². The summed E-state index contributed by atoms with van der Waals surface area (Å²) in [7, 11) is 0. The SMILES string of the molecule is CCCN1CCC(O)(Cc2ccco2)CC1. The van der Waals surface area contributed by atoms with Crippen LogP contribution in [0.2, 0.25) is 0 Å². The van der Waals surface area contributed by atoms with Crippen molar-refractivity contribution >= 4 is 0 Å². The summed E-state index contributed by atoms with van der Waals surface area (Å²) in [5, 5.41) is 10.4. The molecule has 16 heavy (non-hydrogen) atoms. The quantitative estimate of drug-likeness (QED) is 0.849. The number of furan rings is 1. The minimum atomic E-state index is -0.553. The van der Waals surface area contributed by atoms with E-state index >= 15 is 0 Å². The second kappa shape index (κ2) is 5.02. The Kier molecular flexibility index (Phi) is 3.66. The van der Waals surface area contributed by atoms with E-state index in [0.29, 0.717) is 6.42 Å². The van der Waals surface area contributed by atoms with E-state index in [0.717, 1.165) is 38.2 Å². The minimum absolute atomic E-state index is 0.553. The van der Waals surface area contributed by atoms with Crippen molar-refractivity contribution in [3.63, 3.8) is 0 Å². The first-order valence-electron chi connectivity index (χ1n) is 6.19. The van der Waals surface area contributed by atoms with Crippen LogP contribution in [0.25, 0.3) is 0 Å². The summed E-state index contributed by atoms with van der Waals surface area (Å²) in [5.74, 6) is 0.895. The third kappa shape index (κ3) is 2.86. The average molecular weight is 223 g/mol. The Morgan fingerprint density at radius 1 is 1.44 bits per heavy atom. The van der Waals surface area contributed by atoms with E-state index in [1.807, 2.05) is 12.1 Å². The third-order valence-electron chi connectivity index (χ3n) is 3.41. The summed E-state index contributed by atoms with van der Waals surface area (Å²) in [5.41, 5.74) is -0.553. The summed E-state index contributed by atoms with van der Waals surface area (Å²) < 4.78 is 5.30. The largest absolute Gasteiger partial charge is 0.469 e. The highest BCUT2D eigenvalue weighted by Gasteiger charge is 2.32. The molecule has 0 amide bonds. The first kappa shape index (κ1) is 11.7. The number of aliphatic hydroxyl groups is 1. The zero-order valence-electron chi connectivity index (χ0n) is 9.98. The number of rotatable bonds is 4. The van der Waals surface area contributed by atoms with Gasteiger partial charge in [-0.15, -0.1) is 0 Å². The molecule has 0 bridgehead atoms. The van der Waals surface area contributed by atoms with Crippen molar-refractivity contribution in [1.82, 2.24) is 4.90 Å². The Labute approximate surface area is 97.1 Å². The number of hydrogen-bond acceptors (Lipinski definition) is 3. The van der Waals surface area contributed by atoms with Gasteiger partial charge in [0.15, 0.2) is 0 Å². The van der Waals surface area contributed by atoms with Gasteiger partial charge in [0.2, 0.25) is 0 Å². The molecule has 1 fully saturated rings. The molecule has 2 rings (SSSR count). The maximum absolute atomic E-state index is 10.4. The van der Waals surface area contributed by atoms with E-state index in [9.17, 15) is 5.11 Å². The first-order chi connectivity index (χ1) is 7.72. The molecule has 0 aliphatic carbocycles. The summed E-state index contributed by atoms with van der Waals surface area (Å²) >= 11 is 0. The summed E-state index contributed by atoms with van der Waals surface area (Å²) in [4.78, 5) is 2.43. The monoisotopic (exact) mass is 223 g/mol. The van der Waals surface area contributed by atoms with Crippen LogP contribution in [0, 0.1) is 0 Å². The molecule has 2 heterocycles. The Bertz CT molecular complexity index is 300. The molecule has 1 aromatic rings. The topological polar surface area (TPSA) is 36.6 Å². The summed E-state index contributed by atoms with van der Waals surface area (Å²) in [6, 6.07) is 3.82. The zero-order chi connectivity index (χ0) is 11.4. The molecular formula is C13H21NO2. The molecule has 0 unspecified atom stereocenters. The van der Waals surface area contributed by atoms with Gasteiger partial charge >= 0.3 is 0 Å². The van der Waals surface area contributed by atoms with Gasteiger partial charge in [0.25, 0.3) is 0 Å². The van der Waals surface area contributed by atoms with Crippen molar-refractivity contribution in [2.45, 2.75) is 38.2 Å². The van der Waals surface area contributed by atoms with Crippen molar-refractivity contribution in [3.05, 3.63) is 24.2 Å². The van der Waals surface area contributed by atoms with Crippen LogP contribution >= 0.6 is 0 Å². The van der Waals surface area contributed by atoms with Gasteiger partial charge in [-0.1, -0.05) is 6.92 Å². The fourth-order valence-electron chi connectivity index (χ4n) is 2.42. The molecule has 0 radical (unpaired) electrons. The minimum Gasteiger partial charge on any atom is -0.469 e. The van der Waals surface area contributed by atoms with E-state index in [1.54, 1.807) is 6.26 Å². The van der Waals surface area contributed by atoms with Crippen LogP contribution in [0.3, 0.4) is 0 Å². The molecule has 1 aromatic heterocycles. The maximum atomic E-state index is 10.4. The van der Waals surface area contributed by atoms with Gasteiger partial charge in [-0.25, -0.2) is 0 Å². The molecule has 0 atom stereocenters. The average Bonchev–Trinajstić information content (AvgIpc) is 2.74. The Morgan fingerprint density at radius 2 is 2.19 bits per heavy atom. The Balaban J connectivity index is 1.86. The van der Waals surface area contributed by atoms with Gasteiger partial charge in [0.05, 0.1) is 11.9 Å². The lowest BCUT2D eigenvalue weighted by molar-refractivity contribution is -0.0238. The van der Waals surface area contributed by atoms with Crippen molar-refractivity contribution in [2.75, 3.05) is 19.6 Å². The predicted molar refractivity (Wildman–Crippen MR) is 63.3 cm³/mol. The fourth-order valence-corrected chi connectivity index (χ4v) is 2.42. The summed E-state index contributed by atoms with van der Waals surface area (Å²) in [6.45, 7) is 5.36. The van der Waals surface area contributed by atoms with E-state index in [-0.39, 0.29) is 0 Å². The van der Waals surface area contributed by atoms with E-state index in [1.165, 1.54) is 6.42 Å². The Hall–Kier alpha value is -0.800. The molecule has 3 nitrogen and oxygen atoms in total. The number of likely N-dealkylation sites (tertiary alicyclic amines) is 1. The van der Waals surface area contributed by atoms with Gasteiger partial charge in [0, 0.05) is 19.5 Å². The highest BCUT2D eigenvalue weighted by molar-refractivity contribution is 5.04.